The molecule has 1 unspecified atom stereocenters. The molecule has 0 saturated carbocycles. The number of hydrogen-bond acceptors (Lipinski definition) is 4. The molecule has 2 rings (SSSR count). The Morgan fingerprint density at radius 3 is 3.14 bits per heavy atom. The average Bonchev–Trinajstić information content (AvgIpc) is 2.72. The van der Waals surface area contributed by atoms with Gasteiger partial charge in [-0.2, -0.15) is 0 Å². The highest BCUT2D eigenvalue weighted by molar-refractivity contribution is 7.09. The fraction of sp³-hybridized carbons (Fsp3) is 0.556. The molecule has 5 heteroatoms. The Bertz CT molecular complexity index is 312. The monoisotopic (exact) mass is 211 g/mol. The van der Waals surface area contributed by atoms with E-state index in [0.717, 1.165) is 13.0 Å². The van der Waals surface area contributed by atoms with Crippen molar-refractivity contribution in [1.82, 2.24) is 9.88 Å². The number of amides is 1. The molecular formula is C9H13N3OS. The molecule has 1 amide bonds. The summed E-state index contributed by atoms with van der Waals surface area (Å²) < 4.78 is 0. The van der Waals surface area contributed by atoms with Crippen molar-refractivity contribution in [2.45, 2.75) is 18.9 Å². The molecule has 1 fully saturated rings. The van der Waals surface area contributed by atoms with Gasteiger partial charge >= 0.3 is 0 Å². The van der Waals surface area contributed by atoms with Crippen molar-refractivity contribution < 1.29 is 4.79 Å². The zero-order valence-corrected chi connectivity index (χ0v) is 8.67. The summed E-state index contributed by atoms with van der Waals surface area (Å²) in [5, 5.41) is 0. The molecule has 0 aromatic carbocycles. The van der Waals surface area contributed by atoms with Crippen molar-refractivity contribution in [1.29, 1.82) is 0 Å². The number of hydrogen-bond donors (Lipinski definition) is 1. The predicted octanol–water partition coefficient (Wildman–Crippen LogP) is 0.245. The largest absolute Gasteiger partial charge is 0.341 e. The van der Waals surface area contributed by atoms with E-state index in [1.54, 1.807) is 11.3 Å². The number of likely N-dealkylation sites (tertiary alicyclic amines) is 1. The second-order valence-electron chi connectivity index (χ2n) is 3.52. The Morgan fingerprint density at radius 1 is 1.71 bits per heavy atom. The molecule has 0 bridgehead atoms. The molecule has 1 aliphatic heterocycles. The van der Waals surface area contributed by atoms with E-state index < -0.39 is 0 Å². The van der Waals surface area contributed by atoms with Gasteiger partial charge < -0.3 is 10.6 Å². The number of thiazole rings is 1. The summed E-state index contributed by atoms with van der Waals surface area (Å²) in [5.74, 6) is 0.182. The molecule has 1 saturated heterocycles. The Kier molecular flexibility index (Phi) is 2.79. The van der Waals surface area contributed by atoms with Crippen LogP contribution in [-0.4, -0.2) is 34.9 Å². The van der Waals surface area contributed by atoms with Crippen molar-refractivity contribution >= 4 is 17.2 Å². The van der Waals surface area contributed by atoms with Crippen LogP contribution < -0.4 is 5.73 Å². The lowest BCUT2D eigenvalue weighted by Gasteiger charge is -2.14. The standard InChI is InChI=1S/C9H13N3OS/c10-7-3-9(13)12(5-7)2-1-8-4-11-6-14-8/h4,6-7H,1-3,5,10H2. The van der Waals surface area contributed by atoms with E-state index in [2.05, 4.69) is 4.98 Å². The first-order valence-electron chi connectivity index (χ1n) is 4.66. The predicted molar refractivity (Wildman–Crippen MR) is 55.0 cm³/mol. The molecule has 76 valence electrons. The number of aromatic nitrogens is 1. The number of nitrogens with two attached hydrogens (primary N) is 1. The zero-order chi connectivity index (χ0) is 9.97. The smallest absolute Gasteiger partial charge is 0.224 e. The Balaban J connectivity index is 1.84. The number of rotatable bonds is 3. The molecule has 0 spiro atoms. The van der Waals surface area contributed by atoms with Gasteiger partial charge in [0.05, 0.1) is 5.51 Å². The van der Waals surface area contributed by atoms with E-state index in [4.69, 9.17) is 5.73 Å². The maximum Gasteiger partial charge on any atom is 0.224 e. The van der Waals surface area contributed by atoms with Gasteiger partial charge in [-0.05, 0) is 0 Å². The minimum Gasteiger partial charge on any atom is -0.341 e. The molecule has 1 aromatic rings. The van der Waals surface area contributed by atoms with Gasteiger partial charge in [0.15, 0.2) is 0 Å². The fourth-order valence-corrected chi connectivity index (χ4v) is 2.22. The van der Waals surface area contributed by atoms with Crippen LogP contribution in [0.5, 0.6) is 0 Å². The van der Waals surface area contributed by atoms with Gasteiger partial charge in [0.25, 0.3) is 0 Å². The third-order valence-corrected chi connectivity index (χ3v) is 3.20. The van der Waals surface area contributed by atoms with Crippen molar-refractivity contribution in [3.05, 3.63) is 16.6 Å². The van der Waals surface area contributed by atoms with Crippen molar-refractivity contribution in [3.8, 4) is 0 Å². The molecule has 1 atom stereocenters. The molecule has 0 aliphatic carbocycles. The van der Waals surface area contributed by atoms with Gasteiger partial charge in [0.2, 0.25) is 5.91 Å². The van der Waals surface area contributed by atoms with Crippen LogP contribution in [0.3, 0.4) is 0 Å². The van der Waals surface area contributed by atoms with E-state index in [0.29, 0.717) is 13.0 Å². The molecule has 1 aromatic heterocycles. The zero-order valence-electron chi connectivity index (χ0n) is 7.85. The quantitative estimate of drug-likeness (QED) is 0.779. The van der Waals surface area contributed by atoms with E-state index >= 15 is 0 Å². The lowest BCUT2D eigenvalue weighted by Crippen LogP contribution is -2.29. The number of carbonyl (C=O) groups is 1. The van der Waals surface area contributed by atoms with Crippen LogP contribution >= 0.6 is 11.3 Å². The molecule has 1 aliphatic rings. The highest BCUT2D eigenvalue weighted by Crippen LogP contribution is 2.12. The van der Waals surface area contributed by atoms with Crippen LogP contribution in [0, 0.1) is 0 Å². The third-order valence-electron chi connectivity index (χ3n) is 2.36. The first-order chi connectivity index (χ1) is 6.75. The first-order valence-corrected chi connectivity index (χ1v) is 5.54. The lowest BCUT2D eigenvalue weighted by molar-refractivity contribution is -0.127. The van der Waals surface area contributed by atoms with Crippen molar-refractivity contribution in [3.63, 3.8) is 0 Å². The van der Waals surface area contributed by atoms with Crippen LogP contribution in [0.1, 0.15) is 11.3 Å². The van der Waals surface area contributed by atoms with E-state index in [-0.39, 0.29) is 11.9 Å². The van der Waals surface area contributed by atoms with Crippen LogP contribution in [0.25, 0.3) is 0 Å². The molecule has 2 N–H and O–H groups in total. The van der Waals surface area contributed by atoms with Crippen LogP contribution in [0.15, 0.2) is 11.7 Å². The van der Waals surface area contributed by atoms with Gasteiger partial charge in [-0.3, -0.25) is 9.78 Å². The summed E-state index contributed by atoms with van der Waals surface area (Å²) in [4.78, 5) is 18.4. The van der Waals surface area contributed by atoms with Crippen LogP contribution in [0.4, 0.5) is 0 Å². The summed E-state index contributed by atoms with van der Waals surface area (Å²) in [5.41, 5.74) is 7.50. The van der Waals surface area contributed by atoms with Crippen molar-refractivity contribution in [2.75, 3.05) is 13.1 Å². The second kappa shape index (κ2) is 4.06. The second-order valence-corrected chi connectivity index (χ2v) is 4.49. The first kappa shape index (κ1) is 9.61. The lowest BCUT2D eigenvalue weighted by atomic mass is 10.3. The molecule has 4 nitrogen and oxygen atoms in total. The average molecular weight is 211 g/mol. The summed E-state index contributed by atoms with van der Waals surface area (Å²) in [7, 11) is 0. The van der Waals surface area contributed by atoms with E-state index in [9.17, 15) is 4.79 Å². The van der Waals surface area contributed by atoms with Crippen molar-refractivity contribution in [2.24, 2.45) is 5.73 Å². The normalized spacial score (nSPS) is 21.9. The molecule has 2 heterocycles. The third kappa shape index (κ3) is 2.10. The Hall–Kier alpha value is -0.940. The maximum absolute atomic E-state index is 11.4. The van der Waals surface area contributed by atoms with Crippen LogP contribution in [-0.2, 0) is 11.2 Å². The Morgan fingerprint density at radius 2 is 2.57 bits per heavy atom. The maximum atomic E-state index is 11.4. The Labute approximate surface area is 86.7 Å². The number of nitrogens with zero attached hydrogens (tertiary/aromatic N) is 2. The van der Waals surface area contributed by atoms with Gasteiger partial charge in [-0.25, -0.2) is 0 Å². The minimum atomic E-state index is 0.0314. The molecule has 14 heavy (non-hydrogen) atoms. The highest BCUT2D eigenvalue weighted by Gasteiger charge is 2.26. The summed E-state index contributed by atoms with van der Waals surface area (Å²) in [6, 6.07) is 0.0314. The number of carbonyl (C=O) groups excluding carboxylic acids is 1. The van der Waals surface area contributed by atoms with Gasteiger partial charge in [0.1, 0.15) is 0 Å². The SMILES string of the molecule is NC1CC(=O)N(CCc2cncs2)C1. The minimum absolute atomic E-state index is 0.0314. The molecule has 0 radical (unpaired) electrons. The van der Waals surface area contributed by atoms with E-state index in [1.807, 2.05) is 16.6 Å². The topological polar surface area (TPSA) is 59.2 Å². The fourth-order valence-electron chi connectivity index (χ4n) is 1.63. The summed E-state index contributed by atoms with van der Waals surface area (Å²) >= 11 is 1.63. The van der Waals surface area contributed by atoms with Crippen LogP contribution in [0.2, 0.25) is 0 Å². The summed E-state index contributed by atoms with van der Waals surface area (Å²) in [6.45, 7) is 1.48. The highest BCUT2D eigenvalue weighted by atomic mass is 32.1. The van der Waals surface area contributed by atoms with E-state index in [1.165, 1.54) is 4.88 Å². The molecular weight excluding hydrogens is 198 g/mol. The summed E-state index contributed by atoms with van der Waals surface area (Å²) in [6.07, 6.45) is 3.25. The van der Waals surface area contributed by atoms with Gasteiger partial charge in [-0.15, -0.1) is 11.3 Å². The van der Waals surface area contributed by atoms with Gasteiger partial charge in [-0.1, -0.05) is 0 Å². The van der Waals surface area contributed by atoms with Gasteiger partial charge in [0, 0.05) is 43.0 Å².